The van der Waals surface area contributed by atoms with E-state index in [1.54, 1.807) is 52.1 Å². The van der Waals surface area contributed by atoms with Gasteiger partial charge in [-0.25, -0.2) is 22.9 Å². The maximum atomic E-state index is 15.5. The van der Waals surface area contributed by atoms with E-state index in [-0.39, 0.29) is 29.5 Å². The van der Waals surface area contributed by atoms with Crippen molar-refractivity contribution >= 4 is 27.0 Å². The van der Waals surface area contributed by atoms with Crippen LogP contribution in [0.3, 0.4) is 0 Å². The number of benzene rings is 2. The molecule has 0 aliphatic carbocycles. The highest BCUT2D eigenvalue weighted by Crippen LogP contribution is 2.29. The van der Waals surface area contributed by atoms with Crippen molar-refractivity contribution in [3.8, 4) is 11.1 Å². The Morgan fingerprint density at radius 2 is 1.83 bits per heavy atom. The summed E-state index contributed by atoms with van der Waals surface area (Å²) in [6, 6.07) is 12.4. The molecule has 0 radical (unpaired) electrons. The maximum absolute atomic E-state index is 15.5. The third-order valence-electron chi connectivity index (χ3n) is 7.60. The van der Waals surface area contributed by atoms with Gasteiger partial charge in [-0.15, -0.1) is 0 Å². The molecule has 1 amide bonds. The lowest BCUT2D eigenvalue weighted by Gasteiger charge is -2.26. The Bertz CT molecular complexity index is 1760. The molecule has 2 N–H and O–H groups in total. The Kier molecular flexibility index (Phi) is 8.37. The highest BCUT2D eigenvalue weighted by atomic mass is 32.2. The highest BCUT2D eigenvalue weighted by molar-refractivity contribution is 7.89. The van der Waals surface area contributed by atoms with Crippen LogP contribution in [0.1, 0.15) is 50.4 Å². The minimum Gasteiger partial charge on any atom is -0.341 e. The summed E-state index contributed by atoms with van der Waals surface area (Å²) >= 11 is 0. The molecular formula is C30H34FN5O4S. The highest BCUT2D eigenvalue weighted by Gasteiger charge is 2.21. The maximum Gasteiger partial charge on any atom is 0.277 e. The summed E-state index contributed by atoms with van der Waals surface area (Å²) in [4.78, 5) is 33.0. The van der Waals surface area contributed by atoms with Gasteiger partial charge in [-0.1, -0.05) is 43.7 Å². The van der Waals surface area contributed by atoms with E-state index >= 15 is 4.39 Å². The summed E-state index contributed by atoms with van der Waals surface area (Å²) in [7, 11) is -4.01. The van der Waals surface area contributed by atoms with Crippen LogP contribution < -0.4 is 10.7 Å². The predicted octanol–water partition coefficient (Wildman–Crippen LogP) is 4.05. The van der Waals surface area contributed by atoms with Gasteiger partial charge in [-0.3, -0.25) is 9.59 Å². The molecule has 2 aromatic heterocycles. The first-order chi connectivity index (χ1) is 19.7. The number of hydrogen-bond donors (Lipinski definition) is 1. The van der Waals surface area contributed by atoms with Gasteiger partial charge in [0.25, 0.3) is 5.56 Å². The Morgan fingerprint density at radius 3 is 2.54 bits per heavy atom. The molecule has 5 rings (SSSR count). The van der Waals surface area contributed by atoms with Gasteiger partial charge in [0.05, 0.1) is 17.0 Å². The topological polar surface area (TPSA) is 120 Å². The number of unbranched alkanes of at least 4 members (excludes halogenated alkanes) is 1. The summed E-state index contributed by atoms with van der Waals surface area (Å²) in [6.45, 7) is 3.45. The van der Waals surface area contributed by atoms with Crippen molar-refractivity contribution in [2.75, 3.05) is 13.1 Å². The SMILES string of the molecule is CCCCc1nc2ccn(CC(=O)N3CCCCC3)c(=O)c2n1Cc1ccc(-c2ccccc2S(N)(=O)=O)cc1F. The Morgan fingerprint density at radius 1 is 1.07 bits per heavy atom. The smallest absolute Gasteiger partial charge is 0.277 e. The van der Waals surface area contributed by atoms with Crippen LogP contribution in [0.15, 0.2) is 64.4 Å². The molecule has 0 atom stereocenters. The van der Waals surface area contributed by atoms with Gasteiger partial charge in [0, 0.05) is 36.8 Å². The number of fused-ring (bicyclic) bond motifs is 1. The summed E-state index contributed by atoms with van der Waals surface area (Å²) in [6.07, 6.45) is 7.01. The quantitative estimate of drug-likeness (QED) is 0.321. The second-order valence-corrected chi connectivity index (χ2v) is 12.0. The van der Waals surface area contributed by atoms with Gasteiger partial charge in [-0.05, 0) is 49.4 Å². The number of halogens is 1. The molecule has 1 fully saturated rings. The molecule has 11 heteroatoms. The molecule has 1 saturated heterocycles. The number of primary sulfonamides is 1. The number of carbonyl (C=O) groups is 1. The van der Waals surface area contributed by atoms with E-state index in [0.29, 0.717) is 53.1 Å². The fourth-order valence-electron chi connectivity index (χ4n) is 5.40. The average molecular weight is 580 g/mol. The number of nitrogens with zero attached hydrogens (tertiary/aromatic N) is 4. The summed E-state index contributed by atoms with van der Waals surface area (Å²) in [5.41, 5.74) is 1.48. The number of nitrogens with two attached hydrogens (primary N) is 1. The van der Waals surface area contributed by atoms with Crippen LogP contribution in [-0.2, 0) is 34.3 Å². The van der Waals surface area contributed by atoms with Gasteiger partial charge in [0.15, 0.2) is 0 Å². The number of carbonyl (C=O) groups excluding carboxylic acids is 1. The van der Waals surface area contributed by atoms with Crippen LogP contribution >= 0.6 is 0 Å². The number of likely N-dealkylation sites (tertiary alicyclic amines) is 1. The van der Waals surface area contributed by atoms with E-state index in [1.165, 1.54) is 16.7 Å². The molecule has 1 aliphatic heterocycles. The first-order valence-electron chi connectivity index (χ1n) is 13.9. The summed E-state index contributed by atoms with van der Waals surface area (Å²) in [5, 5.41) is 5.37. The normalized spacial score (nSPS) is 14.1. The first-order valence-corrected chi connectivity index (χ1v) is 15.5. The zero-order valence-electron chi connectivity index (χ0n) is 23.1. The van der Waals surface area contributed by atoms with Crippen LogP contribution in [0.25, 0.3) is 22.2 Å². The van der Waals surface area contributed by atoms with Crippen LogP contribution in [0.2, 0.25) is 0 Å². The molecular weight excluding hydrogens is 545 g/mol. The van der Waals surface area contributed by atoms with Gasteiger partial charge in [0.2, 0.25) is 15.9 Å². The number of hydrogen-bond acceptors (Lipinski definition) is 5. The van der Waals surface area contributed by atoms with Crippen molar-refractivity contribution in [2.45, 2.75) is 63.4 Å². The van der Waals surface area contributed by atoms with E-state index in [0.717, 1.165) is 32.1 Å². The molecule has 3 heterocycles. The number of aromatic nitrogens is 3. The zero-order valence-corrected chi connectivity index (χ0v) is 23.9. The minimum absolute atomic E-state index is 0.0534. The minimum atomic E-state index is -4.01. The van der Waals surface area contributed by atoms with Crippen molar-refractivity contribution < 1.29 is 17.6 Å². The number of rotatable bonds is 9. The second kappa shape index (κ2) is 12.0. The lowest BCUT2D eigenvalue weighted by molar-refractivity contribution is -0.132. The fraction of sp³-hybridized carbons (Fsp3) is 0.367. The van der Waals surface area contributed by atoms with Crippen molar-refractivity contribution in [1.82, 2.24) is 19.0 Å². The largest absolute Gasteiger partial charge is 0.341 e. The Hall–Kier alpha value is -3.83. The van der Waals surface area contributed by atoms with Crippen LogP contribution in [0.4, 0.5) is 4.39 Å². The molecule has 9 nitrogen and oxygen atoms in total. The molecule has 216 valence electrons. The van der Waals surface area contributed by atoms with Gasteiger partial charge in [-0.2, -0.15) is 0 Å². The molecule has 2 aromatic carbocycles. The first kappa shape index (κ1) is 28.7. The molecule has 0 spiro atoms. The molecule has 4 aromatic rings. The summed E-state index contributed by atoms with van der Waals surface area (Å²) < 4.78 is 42.8. The number of pyridine rings is 1. The lowest BCUT2D eigenvalue weighted by atomic mass is 10.0. The predicted molar refractivity (Wildman–Crippen MR) is 155 cm³/mol. The van der Waals surface area contributed by atoms with E-state index in [1.807, 2.05) is 0 Å². The molecule has 0 unspecified atom stereocenters. The number of sulfonamides is 1. The van der Waals surface area contributed by atoms with Crippen molar-refractivity contribution in [3.63, 3.8) is 0 Å². The van der Waals surface area contributed by atoms with Crippen molar-refractivity contribution in [1.29, 1.82) is 0 Å². The Labute approximate surface area is 238 Å². The number of imidazole rings is 1. The number of aryl methyl sites for hydroxylation is 1. The van der Waals surface area contributed by atoms with E-state index in [9.17, 15) is 18.0 Å². The van der Waals surface area contributed by atoms with E-state index in [2.05, 4.69) is 6.92 Å². The van der Waals surface area contributed by atoms with E-state index in [4.69, 9.17) is 10.1 Å². The standard InChI is InChI=1S/C30H34FN5O4S/c1-2-3-11-27-33-25-14-17-35(20-28(37)34-15-7-4-8-16-34)30(38)29(25)36(27)19-22-13-12-21(18-24(22)31)23-9-5-6-10-26(23)41(32,39)40/h5-6,9-10,12-14,17-18H,2-4,7-8,11,15-16,19-20H2,1H3,(H2,32,39,40). The molecule has 1 aliphatic rings. The van der Waals surface area contributed by atoms with Gasteiger partial charge >= 0.3 is 0 Å². The molecule has 0 bridgehead atoms. The second-order valence-electron chi connectivity index (χ2n) is 10.5. The fourth-order valence-corrected chi connectivity index (χ4v) is 6.16. The van der Waals surface area contributed by atoms with Crippen LogP contribution in [0, 0.1) is 5.82 Å². The lowest BCUT2D eigenvalue weighted by Crippen LogP contribution is -2.39. The third kappa shape index (κ3) is 6.11. The average Bonchev–Trinajstić information content (AvgIpc) is 3.32. The summed E-state index contributed by atoms with van der Waals surface area (Å²) in [5.74, 6) is 0.0264. The van der Waals surface area contributed by atoms with Crippen molar-refractivity contribution in [2.24, 2.45) is 5.14 Å². The van der Waals surface area contributed by atoms with Crippen LogP contribution in [-0.4, -0.2) is 46.4 Å². The van der Waals surface area contributed by atoms with Gasteiger partial charge in [0.1, 0.15) is 23.7 Å². The third-order valence-corrected chi connectivity index (χ3v) is 8.57. The molecule has 41 heavy (non-hydrogen) atoms. The number of amides is 1. The van der Waals surface area contributed by atoms with E-state index < -0.39 is 15.8 Å². The van der Waals surface area contributed by atoms with Crippen LogP contribution in [0.5, 0.6) is 0 Å². The Balaban J connectivity index is 1.52. The zero-order chi connectivity index (χ0) is 29.1. The number of piperidine rings is 1. The monoisotopic (exact) mass is 579 g/mol. The molecule has 0 saturated carbocycles. The van der Waals surface area contributed by atoms with Crippen molar-refractivity contribution in [3.05, 3.63) is 82.3 Å². The van der Waals surface area contributed by atoms with Gasteiger partial charge < -0.3 is 14.0 Å².